The lowest BCUT2D eigenvalue weighted by molar-refractivity contribution is -0.385. The number of nitro benzene ring substituents is 1. The molecule has 22 heavy (non-hydrogen) atoms. The van der Waals surface area contributed by atoms with Crippen LogP contribution in [0.25, 0.3) is 0 Å². The van der Waals surface area contributed by atoms with Crippen LogP contribution in [0.1, 0.15) is 10.4 Å². The molecule has 0 bridgehead atoms. The topological polar surface area (TPSA) is 99.3 Å². The van der Waals surface area contributed by atoms with Crippen LogP contribution in [0.15, 0.2) is 30.6 Å². The third-order valence-corrected chi connectivity index (χ3v) is 3.06. The zero-order valence-electron chi connectivity index (χ0n) is 11.7. The monoisotopic (exact) mass is 324 g/mol. The molecule has 1 aromatic carbocycles. The molecule has 1 amide bonds. The van der Waals surface area contributed by atoms with Gasteiger partial charge in [0.15, 0.2) is 5.75 Å². The first-order valence-electron chi connectivity index (χ1n) is 6.30. The van der Waals surface area contributed by atoms with E-state index in [1.165, 1.54) is 31.5 Å². The van der Waals surface area contributed by atoms with Gasteiger partial charge in [-0.25, -0.2) is 0 Å². The van der Waals surface area contributed by atoms with Gasteiger partial charge in [-0.1, -0.05) is 11.6 Å². The standard InChI is InChI=1S/C13H13ClN4O4/c1-22-12-3-2-9(6-11(12)18(20)21)13(19)15-4-5-17-8-10(14)7-16-17/h2-3,6-8H,4-5H2,1H3,(H,15,19). The van der Waals surface area contributed by atoms with E-state index in [0.717, 1.165) is 0 Å². The molecule has 0 atom stereocenters. The lowest BCUT2D eigenvalue weighted by Crippen LogP contribution is -2.27. The number of nitrogens with one attached hydrogen (secondary N) is 1. The normalized spacial score (nSPS) is 10.3. The molecular formula is C13H13ClN4O4. The molecule has 116 valence electrons. The van der Waals surface area contributed by atoms with E-state index in [-0.39, 0.29) is 17.0 Å². The molecule has 0 fully saturated rings. The molecule has 8 nitrogen and oxygen atoms in total. The Bertz CT molecular complexity index is 701. The van der Waals surface area contributed by atoms with Crippen LogP contribution >= 0.6 is 11.6 Å². The summed E-state index contributed by atoms with van der Waals surface area (Å²) in [4.78, 5) is 22.3. The summed E-state index contributed by atoms with van der Waals surface area (Å²) in [6.45, 7) is 0.757. The Morgan fingerprint density at radius 2 is 2.32 bits per heavy atom. The van der Waals surface area contributed by atoms with Crippen LogP contribution in [0.3, 0.4) is 0 Å². The highest BCUT2D eigenvalue weighted by Crippen LogP contribution is 2.27. The second-order valence-electron chi connectivity index (χ2n) is 4.32. The first kappa shape index (κ1) is 15.8. The Hall–Kier alpha value is -2.61. The number of methoxy groups -OCH3 is 1. The van der Waals surface area contributed by atoms with Gasteiger partial charge in [0.25, 0.3) is 5.91 Å². The first-order valence-corrected chi connectivity index (χ1v) is 6.67. The van der Waals surface area contributed by atoms with E-state index in [4.69, 9.17) is 16.3 Å². The summed E-state index contributed by atoms with van der Waals surface area (Å²) in [5.41, 5.74) is -0.0694. The Balaban J connectivity index is 2.00. The Morgan fingerprint density at radius 3 is 2.91 bits per heavy atom. The van der Waals surface area contributed by atoms with E-state index < -0.39 is 10.8 Å². The molecular weight excluding hydrogens is 312 g/mol. The maximum Gasteiger partial charge on any atom is 0.311 e. The van der Waals surface area contributed by atoms with Gasteiger partial charge in [0.1, 0.15) is 0 Å². The molecule has 0 aliphatic heterocycles. The van der Waals surface area contributed by atoms with E-state index in [9.17, 15) is 14.9 Å². The fourth-order valence-electron chi connectivity index (χ4n) is 1.82. The lowest BCUT2D eigenvalue weighted by Gasteiger charge is -2.07. The Morgan fingerprint density at radius 1 is 1.55 bits per heavy atom. The fourth-order valence-corrected chi connectivity index (χ4v) is 1.98. The van der Waals surface area contributed by atoms with Crippen molar-refractivity contribution in [2.45, 2.75) is 6.54 Å². The third kappa shape index (κ3) is 3.73. The van der Waals surface area contributed by atoms with E-state index in [2.05, 4.69) is 10.4 Å². The molecule has 9 heteroatoms. The van der Waals surface area contributed by atoms with Crippen molar-refractivity contribution in [1.82, 2.24) is 15.1 Å². The summed E-state index contributed by atoms with van der Waals surface area (Å²) in [5.74, 6) is -0.309. The van der Waals surface area contributed by atoms with Gasteiger partial charge < -0.3 is 10.1 Å². The Labute approximate surface area is 130 Å². The molecule has 0 radical (unpaired) electrons. The van der Waals surface area contributed by atoms with Crippen LogP contribution in [-0.4, -0.2) is 34.3 Å². The minimum absolute atomic E-state index is 0.104. The van der Waals surface area contributed by atoms with Crippen LogP contribution in [0.2, 0.25) is 5.02 Å². The molecule has 1 heterocycles. The number of benzene rings is 1. The maximum atomic E-state index is 12.0. The molecule has 0 spiro atoms. The Kier molecular flexibility index (Phi) is 4.95. The van der Waals surface area contributed by atoms with Gasteiger partial charge in [-0.3, -0.25) is 19.6 Å². The highest BCUT2D eigenvalue weighted by atomic mass is 35.5. The van der Waals surface area contributed by atoms with Gasteiger partial charge >= 0.3 is 5.69 Å². The largest absolute Gasteiger partial charge is 0.490 e. The molecule has 0 saturated heterocycles. The van der Waals surface area contributed by atoms with Crippen molar-refractivity contribution in [3.8, 4) is 5.75 Å². The van der Waals surface area contributed by atoms with Gasteiger partial charge in [0.2, 0.25) is 0 Å². The smallest absolute Gasteiger partial charge is 0.311 e. The van der Waals surface area contributed by atoms with Gasteiger partial charge in [-0.15, -0.1) is 0 Å². The van der Waals surface area contributed by atoms with Crippen molar-refractivity contribution in [2.75, 3.05) is 13.7 Å². The van der Waals surface area contributed by atoms with Gasteiger partial charge in [-0.2, -0.15) is 5.10 Å². The molecule has 0 unspecified atom stereocenters. The first-order chi connectivity index (χ1) is 10.5. The highest BCUT2D eigenvalue weighted by Gasteiger charge is 2.17. The van der Waals surface area contributed by atoms with Crippen LogP contribution < -0.4 is 10.1 Å². The van der Waals surface area contributed by atoms with Gasteiger partial charge in [0, 0.05) is 24.4 Å². The zero-order chi connectivity index (χ0) is 16.1. The molecule has 0 saturated carbocycles. The number of hydrogen-bond acceptors (Lipinski definition) is 5. The minimum Gasteiger partial charge on any atom is -0.490 e. The number of nitro groups is 1. The number of halogens is 1. The number of aromatic nitrogens is 2. The predicted molar refractivity (Wildman–Crippen MR) is 79.2 cm³/mol. The number of hydrogen-bond donors (Lipinski definition) is 1. The van der Waals surface area contributed by atoms with Crippen molar-refractivity contribution < 1.29 is 14.5 Å². The summed E-state index contributed by atoms with van der Waals surface area (Å²) in [6, 6.07) is 4.03. The molecule has 2 aromatic rings. The van der Waals surface area contributed by atoms with Crippen molar-refractivity contribution in [3.63, 3.8) is 0 Å². The quantitative estimate of drug-likeness (QED) is 0.646. The number of ether oxygens (including phenoxy) is 1. The number of carbonyl (C=O) groups excluding carboxylic acids is 1. The number of rotatable bonds is 6. The highest BCUT2D eigenvalue weighted by molar-refractivity contribution is 6.30. The van der Waals surface area contributed by atoms with Crippen LogP contribution in [0.5, 0.6) is 5.75 Å². The summed E-state index contributed by atoms with van der Waals surface area (Å²) in [6.07, 6.45) is 3.13. The predicted octanol–water partition coefficient (Wildman–Crippen LogP) is 1.88. The summed E-state index contributed by atoms with van der Waals surface area (Å²) < 4.78 is 6.47. The van der Waals surface area contributed by atoms with Crippen molar-refractivity contribution in [3.05, 3.63) is 51.3 Å². The minimum atomic E-state index is -0.596. The molecule has 0 aliphatic rings. The molecule has 1 N–H and O–H groups in total. The molecule has 2 rings (SSSR count). The van der Waals surface area contributed by atoms with Crippen molar-refractivity contribution in [2.24, 2.45) is 0 Å². The summed E-state index contributed by atoms with van der Waals surface area (Å²) in [5, 5.41) is 18.1. The van der Waals surface area contributed by atoms with Crippen molar-refractivity contribution >= 4 is 23.2 Å². The van der Waals surface area contributed by atoms with Crippen molar-refractivity contribution in [1.29, 1.82) is 0 Å². The van der Waals surface area contributed by atoms with E-state index in [0.29, 0.717) is 18.1 Å². The molecule has 1 aromatic heterocycles. The number of amides is 1. The van der Waals surface area contributed by atoms with Crippen LogP contribution in [0, 0.1) is 10.1 Å². The van der Waals surface area contributed by atoms with Crippen LogP contribution in [0.4, 0.5) is 5.69 Å². The average molecular weight is 325 g/mol. The summed E-state index contributed by atoms with van der Waals surface area (Å²) in [7, 11) is 1.33. The van der Waals surface area contributed by atoms with Crippen LogP contribution in [-0.2, 0) is 6.54 Å². The summed E-state index contributed by atoms with van der Waals surface area (Å²) >= 11 is 5.73. The van der Waals surface area contributed by atoms with Gasteiger partial charge in [-0.05, 0) is 12.1 Å². The zero-order valence-corrected chi connectivity index (χ0v) is 12.4. The SMILES string of the molecule is COc1ccc(C(=O)NCCn2cc(Cl)cn2)cc1[N+](=O)[O-]. The third-order valence-electron chi connectivity index (χ3n) is 2.87. The average Bonchev–Trinajstić information content (AvgIpc) is 2.91. The molecule has 0 aliphatic carbocycles. The number of carbonyl (C=O) groups is 1. The number of nitrogens with zero attached hydrogens (tertiary/aromatic N) is 3. The van der Waals surface area contributed by atoms with E-state index in [1.54, 1.807) is 10.9 Å². The van der Waals surface area contributed by atoms with E-state index in [1.807, 2.05) is 0 Å². The lowest BCUT2D eigenvalue weighted by atomic mass is 10.1. The second kappa shape index (κ2) is 6.90. The van der Waals surface area contributed by atoms with E-state index >= 15 is 0 Å². The second-order valence-corrected chi connectivity index (χ2v) is 4.76. The maximum absolute atomic E-state index is 12.0. The fraction of sp³-hybridized carbons (Fsp3) is 0.231. The van der Waals surface area contributed by atoms with Gasteiger partial charge in [0.05, 0.1) is 29.8 Å².